The topological polar surface area (TPSA) is 76.8 Å². The third-order valence-electron chi connectivity index (χ3n) is 4.24. The number of morpholine rings is 1. The second-order valence-corrected chi connectivity index (χ2v) is 5.91. The molecule has 134 valence electrons. The molecular weight excluding hydrogens is 322 g/mol. The van der Waals surface area contributed by atoms with Crippen molar-refractivity contribution < 1.29 is 18.7 Å². The predicted molar refractivity (Wildman–Crippen MR) is 91.7 cm³/mol. The van der Waals surface area contributed by atoms with Crippen LogP contribution in [0.4, 0.5) is 0 Å². The van der Waals surface area contributed by atoms with Crippen LogP contribution in [0.1, 0.15) is 27.9 Å². The normalized spacial score (nSPS) is 16.4. The summed E-state index contributed by atoms with van der Waals surface area (Å²) >= 11 is 0. The zero-order valence-corrected chi connectivity index (χ0v) is 14.5. The van der Waals surface area contributed by atoms with Crippen molar-refractivity contribution in [2.24, 2.45) is 0 Å². The lowest BCUT2D eigenvalue weighted by Crippen LogP contribution is -2.43. The van der Waals surface area contributed by atoms with Crippen LogP contribution in [-0.2, 0) is 4.74 Å². The molecule has 0 spiro atoms. The molecule has 2 aromatic heterocycles. The maximum absolute atomic E-state index is 12.4. The van der Waals surface area contributed by atoms with Gasteiger partial charge in [0.1, 0.15) is 11.5 Å². The van der Waals surface area contributed by atoms with E-state index in [1.807, 2.05) is 19.1 Å². The van der Waals surface area contributed by atoms with Crippen molar-refractivity contribution in [1.82, 2.24) is 15.2 Å². The molecule has 3 heterocycles. The standard InChI is InChI=1S/C18H23N3O4/c1-13-3-5-16(25-13)15(21-7-9-24-10-8-21)12-20-18(22)14-4-6-17(23-2)19-11-14/h3-6,11,15H,7-10,12H2,1-2H3,(H,20,22). The first kappa shape index (κ1) is 17.4. The molecule has 25 heavy (non-hydrogen) atoms. The predicted octanol–water partition coefficient (Wildman–Crippen LogP) is 1.79. The number of aryl methyl sites for hydroxylation is 1. The van der Waals surface area contributed by atoms with Crippen molar-refractivity contribution in [3.05, 3.63) is 47.5 Å². The molecule has 3 rings (SSSR count). The summed E-state index contributed by atoms with van der Waals surface area (Å²) in [6.45, 7) is 5.37. The third-order valence-corrected chi connectivity index (χ3v) is 4.24. The molecule has 1 aliphatic heterocycles. The van der Waals surface area contributed by atoms with Crippen LogP contribution in [0.2, 0.25) is 0 Å². The van der Waals surface area contributed by atoms with Crippen LogP contribution in [0, 0.1) is 6.92 Å². The van der Waals surface area contributed by atoms with Gasteiger partial charge in [-0.2, -0.15) is 0 Å². The molecule has 0 bridgehead atoms. The van der Waals surface area contributed by atoms with Gasteiger partial charge < -0.3 is 19.2 Å². The number of nitrogens with one attached hydrogen (secondary N) is 1. The van der Waals surface area contributed by atoms with Crippen LogP contribution in [-0.4, -0.2) is 55.7 Å². The highest BCUT2D eigenvalue weighted by atomic mass is 16.5. The van der Waals surface area contributed by atoms with Crippen molar-refractivity contribution in [2.75, 3.05) is 40.0 Å². The number of amides is 1. The van der Waals surface area contributed by atoms with Gasteiger partial charge in [0.2, 0.25) is 5.88 Å². The van der Waals surface area contributed by atoms with Gasteiger partial charge >= 0.3 is 0 Å². The number of rotatable bonds is 6. The molecule has 1 amide bonds. The van der Waals surface area contributed by atoms with Gasteiger partial charge in [0.25, 0.3) is 5.91 Å². The number of aromatic nitrogens is 1. The zero-order chi connectivity index (χ0) is 17.6. The molecule has 2 aromatic rings. The van der Waals surface area contributed by atoms with E-state index in [1.54, 1.807) is 19.2 Å². The molecule has 1 aliphatic rings. The van der Waals surface area contributed by atoms with E-state index in [4.69, 9.17) is 13.9 Å². The molecule has 7 nitrogen and oxygen atoms in total. The van der Waals surface area contributed by atoms with Crippen LogP contribution in [0.25, 0.3) is 0 Å². The number of ether oxygens (including phenoxy) is 2. The number of carbonyl (C=O) groups excluding carboxylic acids is 1. The summed E-state index contributed by atoms with van der Waals surface area (Å²) in [5.74, 6) is 2.02. The fourth-order valence-corrected chi connectivity index (χ4v) is 2.86. The lowest BCUT2D eigenvalue weighted by molar-refractivity contribution is 0.0117. The maximum atomic E-state index is 12.4. The van der Waals surface area contributed by atoms with Gasteiger partial charge in [-0.05, 0) is 25.1 Å². The summed E-state index contributed by atoms with van der Waals surface area (Å²) in [5.41, 5.74) is 0.497. The number of pyridine rings is 1. The van der Waals surface area contributed by atoms with E-state index in [1.165, 1.54) is 6.20 Å². The minimum absolute atomic E-state index is 0.0206. The molecule has 0 aromatic carbocycles. The lowest BCUT2D eigenvalue weighted by atomic mass is 10.1. The molecule has 1 N–H and O–H groups in total. The fraction of sp³-hybridized carbons (Fsp3) is 0.444. The second kappa shape index (κ2) is 8.13. The van der Waals surface area contributed by atoms with Gasteiger partial charge in [-0.3, -0.25) is 9.69 Å². The SMILES string of the molecule is COc1ccc(C(=O)NCC(c2ccc(C)o2)N2CCOCC2)cn1. The second-order valence-electron chi connectivity index (χ2n) is 5.91. The Bertz CT molecular complexity index is 693. The highest BCUT2D eigenvalue weighted by Crippen LogP contribution is 2.23. The minimum Gasteiger partial charge on any atom is -0.481 e. The fourth-order valence-electron chi connectivity index (χ4n) is 2.86. The Morgan fingerprint density at radius 3 is 2.72 bits per heavy atom. The van der Waals surface area contributed by atoms with Gasteiger partial charge in [0, 0.05) is 31.9 Å². The van der Waals surface area contributed by atoms with Crippen molar-refractivity contribution >= 4 is 5.91 Å². The van der Waals surface area contributed by atoms with Crippen LogP contribution in [0.3, 0.4) is 0 Å². The highest BCUT2D eigenvalue weighted by molar-refractivity contribution is 5.93. The van der Waals surface area contributed by atoms with Gasteiger partial charge in [-0.25, -0.2) is 4.98 Å². The lowest BCUT2D eigenvalue weighted by Gasteiger charge is -2.33. The number of hydrogen-bond acceptors (Lipinski definition) is 6. The van der Waals surface area contributed by atoms with Crippen LogP contribution in [0.15, 0.2) is 34.9 Å². The Balaban J connectivity index is 1.67. The maximum Gasteiger partial charge on any atom is 0.252 e. The molecule has 1 atom stereocenters. The summed E-state index contributed by atoms with van der Waals surface area (Å²) in [6.07, 6.45) is 1.51. The minimum atomic E-state index is -0.170. The van der Waals surface area contributed by atoms with Crippen molar-refractivity contribution in [3.63, 3.8) is 0 Å². The largest absolute Gasteiger partial charge is 0.481 e. The monoisotopic (exact) mass is 345 g/mol. The summed E-state index contributed by atoms with van der Waals surface area (Å²) in [5, 5.41) is 2.98. The average molecular weight is 345 g/mol. The number of hydrogen-bond donors (Lipinski definition) is 1. The Hall–Kier alpha value is -2.38. The molecule has 7 heteroatoms. The van der Waals surface area contributed by atoms with E-state index in [9.17, 15) is 4.79 Å². The number of nitrogens with zero attached hydrogens (tertiary/aromatic N) is 2. The van der Waals surface area contributed by atoms with Gasteiger partial charge in [-0.1, -0.05) is 0 Å². The van der Waals surface area contributed by atoms with Crippen LogP contribution in [0.5, 0.6) is 5.88 Å². The van der Waals surface area contributed by atoms with Crippen molar-refractivity contribution in [1.29, 1.82) is 0 Å². The van der Waals surface area contributed by atoms with Gasteiger partial charge in [-0.15, -0.1) is 0 Å². The summed E-state index contributed by atoms with van der Waals surface area (Å²) in [7, 11) is 1.54. The van der Waals surface area contributed by atoms with E-state index < -0.39 is 0 Å². The quantitative estimate of drug-likeness (QED) is 0.860. The van der Waals surface area contributed by atoms with Gasteiger partial charge in [0.05, 0.1) is 31.9 Å². The Labute approximate surface area is 146 Å². The Kier molecular flexibility index (Phi) is 5.67. The number of carbonyl (C=O) groups is 1. The van der Waals surface area contributed by atoms with E-state index in [-0.39, 0.29) is 11.9 Å². The van der Waals surface area contributed by atoms with Crippen molar-refractivity contribution in [2.45, 2.75) is 13.0 Å². The number of furan rings is 1. The van der Waals surface area contributed by atoms with Gasteiger partial charge in [0.15, 0.2) is 0 Å². The highest BCUT2D eigenvalue weighted by Gasteiger charge is 2.25. The summed E-state index contributed by atoms with van der Waals surface area (Å²) in [6, 6.07) is 7.26. The van der Waals surface area contributed by atoms with E-state index in [0.717, 1.165) is 24.6 Å². The van der Waals surface area contributed by atoms with E-state index in [0.29, 0.717) is 31.2 Å². The average Bonchev–Trinajstić information content (AvgIpc) is 3.09. The molecular formula is C18H23N3O4. The molecule has 0 saturated carbocycles. The first-order chi connectivity index (χ1) is 12.2. The summed E-state index contributed by atoms with van der Waals surface area (Å²) < 4.78 is 16.2. The van der Waals surface area contributed by atoms with Crippen molar-refractivity contribution in [3.8, 4) is 5.88 Å². The van der Waals surface area contributed by atoms with Crippen LogP contribution >= 0.6 is 0 Å². The molecule has 0 radical (unpaired) electrons. The Morgan fingerprint density at radius 2 is 2.12 bits per heavy atom. The molecule has 1 saturated heterocycles. The number of methoxy groups -OCH3 is 1. The van der Waals surface area contributed by atoms with Crippen LogP contribution < -0.4 is 10.1 Å². The summed E-state index contributed by atoms with van der Waals surface area (Å²) in [4.78, 5) is 18.7. The first-order valence-electron chi connectivity index (χ1n) is 8.34. The first-order valence-corrected chi connectivity index (χ1v) is 8.34. The Morgan fingerprint density at radius 1 is 1.32 bits per heavy atom. The third kappa shape index (κ3) is 4.37. The van der Waals surface area contributed by atoms with E-state index >= 15 is 0 Å². The molecule has 1 unspecified atom stereocenters. The molecule has 0 aliphatic carbocycles. The molecule has 1 fully saturated rings. The smallest absolute Gasteiger partial charge is 0.252 e. The van der Waals surface area contributed by atoms with E-state index in [2.05, 4.69) is 15.2 Å². The zero-order valence-electron chi connectivity index (χ0n) is 14.5.